The average Bonchev–Trinajstić information content (AvgIpc) is 2.90. The van der Waals surface area contributed by atoms with Crippen LogP contribution in [0.5, 0.6) is 0 Å². The Morgan fingerprint density at radius 1 is 1.25 bits per heavy atom. The maximum absolute atomic E-state index is 5.62. The van der Waals surface area contributed by atoms with Crippen LogP contribution in [-0.2, 0) is 18.8 Å². The zero-order valence-electron chi connectivity index (χ0n) is 9.10. The first-order valence-electron chi connectivity index (χ1n) is 5.05. The quantitative estimate of drug-likeness (QED) is 0.837. The van der Waals surface area contributed by atoms with Crippen molar-refractivity contribution in [2.45, 2.75) is 18.8 Å². The molecule has 86 valence electrons. The molecule has 2 rings (SSSR count). The first-order valence-corrected chi connectivity index (χ1v) is 6.44. The minimum absolute atomic E-state index is 0.690. The lowest BCUT2D eigenvalue weighted by Crippen LogP contribution is -2.12. The summed E-state index contributed by atoms with van der Waals surface area (Å²) >= 11 is 1.75. The molecule has 2 aromatic rings. The molecule has 0 saturated heterocycles. The second kappa shape index (κ2) is 5.77. The highest BCUT2D eigenvalue weighted by molar-refractivity contribution is 7.97. The first kappa shape index (κ1) is 11.3. The molecule has 0 spiro atoms. The predicted molar refractivity (Wildman–Crippen MR) is 63.0 cm³/mol. The largest absolute Gasteiger partial charge is 0.464 e. The zero-order chi connectivity index (χ0) is 11.2. The van der Waals surface area contributed by atoms with Crippen molar-refractivity contribution < 1.29 is 8.94 Å². The average molecular weight is 238 g/mol. The van der Waals surface area contributed by atoms with Gasteiger partial charge in [-0.3, -0.25) is 0 Å². The summed E-state index contributed by atoms with van der Waals surface area (Å²) in [6.45, 7) is 1.40. The van der Waals surface area contributed by atoms with E-state index in [0.29, 0.717) is 13.1 Å². The number of thioether (sulfide) groups is 1. The monoisotopic (exact) mass is 238 g/mol. The number of hydrogen-bond acceptors (Lipinski definition) is 5. The third-order valence-electron chi connectivity index (χ3n) is 2.10. The van der Waals surface area contributed by atoms with Gasteiger partial charge in [0.25, 0.3) is 0 Å². The lowest BCUT2D eigenvalue weighted by atomic mass is 10.4. The molecule has 0 aliphatic heterocycles. The van der Waals surface area contributed by atoms with Gasteiger partial charge in [0, 0.05) is 12.6 Å². The van der Waals surface area contributed by atoms with Crippen LogP contribution in [0.15, 0.2) is 33.4 Å². The van der Waals surface area contributed by atoms with Crippen molar-refractivity contribution in [1.29, 1.82) is 0 Å². The molecule has 4 nitrogen and oxygen atoms in total. The molecular formula is C11H14N2O2S. The second-order valence-electron chi connectivity index (χ2n) is 3.40. The Kier molecular flexibility index (Phi) is 4.07. The highest BCUT2D eigenvalue weighted by Gasteiger charge is 2.01. The zero-order valence-corrected chi connectivity index (χ0v) is 9.92. The molecule has 0 bridgehead atoms. The van der Waals surface area contributed by atoms with E-state index in [4.69, 9.17) is 8.94 Å². The molecule has 0 radical (unpaired) electrons. The minimum atomic E-state index is 0.690. The van der Waals surface area contributed by atoms with Crippen molar-refractivity contribution in [3.8, 4) is 0 Å². The van der Waals surface area contributed by atoms with Gasteiger partial charge in [-0.2, -0.15) is 11.8 Å². The van der Waals surface area contributed by atoms with E-state index in [0.717, 1.165) is 23.0 Å². The van der Waals surface area contributed by atoms with E-state index >= 15 is 0 Å². The van der Waals surface area contributed by atoms with Crippen LogP contribution in [0.3, 0.4) is 0 Å². The van der Waals surface area contributed by atoms with Crippen LogP contribution in [0.25, 0.3) is 0 Å². The molecule has 0 aromatic carbocycles. The number of hydrogen-bond donors (Lipinski definition) is 1. The normalized spacial score (nSPS) is 10.8. The van der Waals surface area contributed by atoms with Crippen LogP contribution >= 0.6 is 11.8 Å². The van der Waals surface area contributed by atoms with Gasteiger partial charge in [0.1, 0.15) is 17.8 Å². The van der Waals surface area contributed by atoms with Crippen LogP contribution in [0.2, 0.25) is 0 Å². The summed E-state index contributed by atoms with van der Waals surface area (Å²) in [4.78, 5) is 0. The molecule has 0 fully saturated rings. The number of furan rings is 1. The van der Waals surface area contributed by atoms with Gasteiger partial charge >= 0.3 is 0 Å². The maximum atomic E-state index is 5.62. The van der Waals surface area contributed by atoms with Gasteiger partial charge in [0.05, 0.1) is 18.0 Å². The Bertz CT molecular complexity index is 411. The number of aromatic nitrogens is 1. The minimum Gasteiger partial charge on any atom is -0.464 e. The van der Waals surface area contributed by atoms with E-state index in [1.807, 2.05) is 18.2 Å². The standard InChI is InChI=1S/C11H14N2O2S/c1-16-8-11-3-2-10(15-11)7-12-6-9-4-5-14-13-9/h2-5,12H,6-8H2,1H3. The first-order chi connectivity index (χ1) is 7.88. The van der Waals surface area contributed by atoms with Gasteiger partial charge in [-0.05, 0) is 18.4 Å². The fourth-order valence-electron chi connectivity index (χ4n) is 1.38. The van der Waals surface area contributed by atoms with E-state index < -0.39 is 0 Å². The molecule has 2 heterocycles. The molecule has 5 heteroatoms. The summed E-state index contributed by atoms with van der Waals surface area (Å²) in [6.07, 6.45) is 3.63. The van der Waals surface area contributed by atoms with Crippen molar-refractivity contribution in [1.82, 2.24) is 10.5 Å². The molecule has 0 amide bonds. The highest BCUT2D eigenvalue weighted by atomic mass is 32.2. The summed E-state index contributed by atoms with van der Waals surface area (Å²) in [6, 6.07) is 5.86. The molecule has 1 N–H and O–H groups in total. The summed E-state index contributed by atoms with van der Waals surface area (Å²) in [7, 11) is 0. The van der Waals surface area contributed by atoms with Gasteiger partial charge < -0.3 is 14.3 Å². The summed E-state index contributed by atoms with van der Waals surface area (Å²) in [5.41, 5.74) is 0.899. The number of rotatable bonds is 6. The molecule has 0 unspecified atom stereocenters. The molecule has 0 aliphatic carbocycles. The van der Waals surface area contributed by atoms with Crippen LogP contribution in [0.1, 0.15) is 17.2 Å². The molecular weight excluding hydrogens is 224 g/mol. The third kappa shape index (κ3) is 3.15. The highest BCUT2D eigenvalue weighted by Crippen LogP contribution is 2.13. The molecule has 0 saturated carbocycles. The summed E-state index contributed by atoms with van der Waals surface area (Å²) < 4.78 is 10.4. The lowest BCUT2D eigenvalue weighted by Gasteiger charge is -1.98. The van der Waals surface area contributed by atoms with Gasteiger partial charge in [-0.15, -0.1) is 0 Å². The van der Waals surface area contributed by atoms with Crippen molar-refractivity contribution in [2.24, 2.45) is 0 Å². The van der Waals surface area contributed by atoms with Crippen molar-refractivity contribution in [3.05, 3.63) is 41.7 Å². The molecule has 0 aliphatic rings. The number of nitrogens with one attached hydrogen (secondary N) is 1. The van der Waals surface area contributed by atoms with E-state index in [-0.39, 0.29) is 0 Å². The SMILES string of the molecule is CSCc1ccc(CNCc2ccon2)o1. The fourth-order valence-corrected chi connectivity index (χ4v) is 1.82. The van der Waals surface area contributed by atoms with E-state index in [1.165, 1.54) is 0 Å². The summed E-state index contributed by atoms with van der Waals surface area (Å²) in [5, 5.41) is 7.05. The van der Waals surface area contributed by atoms with Crippen molar-refractivity contribution >= 4 is 11.8 Å². The van der Waals surface area contributed by atoms with Gasteiger partial charge in [0.2, 0.25) is 0 Å². The second-order valence-corrected chi connectivity index (χ2v) is 4.26. The van der Waals surface area contributed by atoms with Crippen LogP contribution in [-0.4, -0.2) is 11.4 Å². The van der Waals surface area contributed by atoms with Crippen molar-refractivity contribution in [3.63, 3.8) is 0 Å². The molecule has 2 aromatic heterocycles. The van der Waals surface area contributed by atoms with E-state index in [2.05, 4.69) is 16.7 Å². The van der Waals surface area contributed by atoms with E-state index in [9.17, 15) is 0 Å². The fraction of sp³-hybridized carbons (Fsp3) is 0.364. The third-order valence-corrected chi connectivity index (χ3v) is 2.67. The molecule has 0 atom stereocenters. The van der Waals surface area contributed by atoms with Gasteiger partial charge in [-0.1, -0.05) is 5.16 Å². The smallest absolute Gasteiger partial charge is 0.124 e. The Hall–Kier alpha value is -1.20. The van der Waals surface area contributed by atoms with Crippen LogP contribution in [0.4, 0.5) is 0 Å². The Morgan fingerprint density at radius 2 is 2.12 bits per heavy atom. The number of nitrogens with zero attached hydrogens (tertiary/aromatic N) is 1. The Balaban J connectivity index is 1.76. The van der Waals surface area contributed by atoms with Gasteiger partial charge in [-0.25, -0.2) is 0 Å². The van der Waals surface area contributed by atoms with Gasteiger partial charge in [0.15, 0.2) is 0 Å². The maximum Gasteiger partial charge on any atom is 0.124 e. The van der Waals surface area contributed by atoms with Crippen LogP contribution < -0.4 is 5.32 Å². The van der Waals surface area contributed by atoms with E-state index in [1.54, 1.807) is 18.0 Å². The molecule has 16 heavy (non-hydrogen) atoms. The topological polar surface area (TPSA) is 51.2 Å². The summed E-state index contributed by atoms with van der Waals surface area (Å²) in [5.74, 6) is 2.89. The lowest BCUT2D eigenvalue weighted by molar-refractivity contribution is 0.405. The predicted octanol–water partition coefficient (Wildman–Crippen LogP) is 2.42. The van der Waals surface area contributed by atoms with Crippen molar-refractivity contribution in [2.75, 3.05) is 6.26 Å². The van der Waals surface area contributed by atoms with Crippen LogP contribution in [0, 0.1) is 0 Å². The Labute approximate surface area is 98.4 Å². The Morgan fingerprint density at radius 3 is 2.88 bits per heavy atom.